The Hall–Kier alpha value is -1.89. The molecule has 0 spiro atoms. The second kappa shape index (κ2) is 4.65. The molecule has 0 aliphatic carbocycles. The Labute approximate surface area is 107 Å². The second-order valence-electron chi connectivity index (χ2n) is 4.45. The largest absolute Gasteiger partial charge is 0.334 e. The van der Waals surface area contributed by atoms with E-state index < -0.39 is 23.0 Å². The van der Waals surface area contributed by atoms with E-state index in [4.69, 9.17) is 10.3 Å². The van der Waals surface area contributed by atoms with Crippen LogP contribution in [0.5, 0.6) is 0 Å². The van der Waals surface area contributed by atoms with E-state index in [-0.39, 0.29) is 17.3 Å². The summed E-state index contributed by atoms with van der Waals surface area (Å²) >= 11 is 0. The highest BCUT2D eigenvalue weighted by atomic mass is 19.2. The number of hydrogen-bond acceptors (Lipinski definition) is 4. The molecule has 0 radical (unpaired) electrons. The number of benzene rings is 1. The van der Waals surface area contributed by atoms with E-state index in [1.54, 1.807) is 6.92 Å². The minimum atomic E-state index is -1.54. The quantitative estimate of drug-likeness (QED) is 0.872. The Morgan fingerprint density at radius 2 is 1.84 bits per heavy atom. The van der Waals surface area contributed by atoms with E-state index in [9.17, 15) is 13.2 Å². The molecule has 2 N–H and O–H groups in total. The Morgan fingerprint density at radius 3 is 2.37 bits per heavy atom. The Bertz CT molecular complexity index is 587. The van der Waals surface area contributed by atoms with Gasteiger partial charge in [0, 0.05) is 5.56 Å². The van der Waals surface area contributed by atoms with Crippen LogP contribution in [0.1, 0.15) is 26.1 Å². The maximum absolute atomic E-state index is 13.1. The number of aromatic nitrogens is 2. The van der Waals surface area contributed by atoms with Crippen molar-refractivity contribution in [1.29, 1.82) is 0 Å². The third-order valence-electron chi connectivity index (χ3n) is 2.90. The Balaban J connectivity index is 2.44. The zero-order valence-electron chi connectivity index (χ0n) is 10.4. The first-order valence-electron chi connectivity index (χ1n) is 5.63. The van der Waals surface area contributed by atoms with Gasteiger partial charge in [0.05, 0.1) is 5.54 Å². The molecule has 7 heteroatoms. The van der Waals surface area contributed by atoms with Crippen molar-refractivity contribution in [3.63, 3.8) is 0 Å². The molecule has 2 rings (SSSR count). The van der Waals surface area contributed by atoms with Crippen LogP contribution in [0.4, 0.5) is 13.2 Å². The highest BCUT2D eigenvalue weighted by Crippen LogP contribution is 2.25. The molecule has 0 saturated heterocycles. The van der Waals surface area contributed by atoms with Gasteiger partial charge in [0.2, 0.25) is 0 Å². The second-order valence-corrected chi connectivity index (χ2v) is 4.45. The highest BCUT2D eigenvalue weighted by Gasteiger charge is 2.26. The normalized spacial score (nSPS) is 14.4. The number of nitrogens with two attached hydrogens (primary N) is 1. The number of halogens is 3. The fraction of sp³-hybridized carbons (Fsp3) is 0.333. The lowest BCUT2D eigenvalue weighted by atomic mass is 10.00. The topological polar surface area (TPSA) is 64.9 Å². The molecule has 0 aliphatic heterocycles. The first kappa shape index (κ1) is 13.5. The summed E-state index contributed by atoms with van der Waals surface area (Å²) in [6.45, 7) is 3.54. The van der Waals surface area contributed by atoms with Crippen LogP contribution in [-0.2, 0) is 5.54 Å². The van der Waals surface area contributed by atoms with Gasteiger partial charge in [0.25, 0.3) is 5.89 Å². The molecule has 0 fully saturated rings. The average Bonchev–Trinajstić information content (AvgIpc) is 2.85. The molecular weight excluding hydrogens is 259 g/mol. The van der Waals surface area contributed by atoms with Crippen LogP contribution in [0, 0.1) is 17.5 Å². The summed E-state index contributed by atoms with van der Waals surface area (Å²) in [5.74, 6) is -4.07. The van der Waals surface area contributed by atoms with Gasteiger partial charge in [-0.05, 0) is 25.5 Å². The first-order chi connectivity index (χ1) is 8.85. The average molecular weight is 271 g/mol. The monoisotopic (exact) mass is 271 g/mol. The first-order valence-corrected chi connectivity index (χ1v) is 5.63. The zero-order valence-corrected chi connectivity index (χ0v) is 10.4. The smallest absolute Gasteiger partial charge is 0.258 e. The van der Waals surface area contributed by atoms with Crippen LogP contribution in [-0.4, -0.2) is 10.1 Å². The van der Waals surface area contributed by atoms with Gasteiger partial charge >= 0.3 is 0 Å². The lowest BCUT2D eigenvalue weighted by Crippen LogP contribution is -2.33. The van der Waals surface area contributed by atoms with E-state index in [2.05, 4.69) is 10.1 Å². The van der Waals surface area contributed by atoms with Crippen molar-refractivity contribution < 1.29 is 17.7 Å². The summed E-state index contributed by atoms with van der Waals surface area (Å²) in [7, 11) is 0. The van der Waals surface area contributed by atoms with Crippen LogP contribution >= 0.6 is 0 Å². The number of nitrogens with zero attached hydrogens (tertiary/aromatic N) is 2. The molecular formula is C12H12F3N3O. The standard InChI is InChI=1S/C12H12F3N3O/c1-3-12(2,16)11-17-10(19-18-11)6-4-7(13)9(15)8(14)5-6/h4-5H,3,16H2,1-2H3. The molecule has 0 amide bonds. The van der Waals surface area contributed by atoms with Crippen LogP contribution in [0.2, 0.25) is 0 Å². The minimum Gasteiger partial charge on any atom is -0.334 e. The molecule has 102 valence electrons. The van der Waals surface area contributed by atoms with Crippen molar-refractivity contribution in [2.24, 2.45) is 5.73 Å². The zero-order chi connectivity index (χ0) is 14.2. The van der Waals surface area contributed by atoms with E-state index in [0.717, 1.165) is 12.1 Å². The summed E-state index contributed by atoms with van der Waals surface area (Å²) in [6, 6.07) is 1.57. The Kier molecular flexibility index (Phi) is 3.32. The van der Waals surface area contributed by atoms with E-state index in [1.807, 2.05) is 6.92 Å². The maximum atomic E-state index is 13.1. The molecule has 19 heavy (non-hydrogen) atoms. The van der Waals surface area contributed by atoms with Gasteiger partial charge in [-0.3, -0.25) is 0 Å². The molecule has 1 atom stereocenters. The molecule has 1 heterocycles. The fourth-order valence-electron chi connectivity index (χ4n) is 1.41. The molecule has 0 bridgehead atoms. The molecule has 2 aromatic rings. The summed E-state index contributed by atoms with van der Waals surface area (Å²) in [5, 5.41) is 3.67. The van der Waals surface area contributed by atoms with Crippen molar-refractivity contribution in [2.75, 3.05) is 0 Å². The predicted molar refractivity (Wildman–Crippen MR) is 61.4 cm³/mol. The molecule has 0 aliphatic rings. The van der Waals surface area contributed by atoms with Crippen molar-refractivity contribution in [3.8, 4) is 11.5 Å². The number of hydrogen-bond donors (Lipinski definition) is 1. The van der Waals surface area contributed by atoms with Crippen molar-refractivity contribution in [3.05, 3.63) is 35.4 Å². The lowest BCUT2D eigenvalue weighted by Gasteiger charge is -2.16. The Morgan fingerprint density at radius 1 is 1.26 bits per heavy atom. The van der Waals surface area contributed by atoms with E-state index >= 15 is 0 Å². The van der Waals surface area contributed by atoms with Crippen molar-refractivity contribution in [1.82, 2.24) is 10.1 Å². The van der Waals surface area contributed by atoms with Gasteiger partial charge in [-0.25, -0.2) is 13.2 Å². The van der Waals surface area contributed by atoms with E-state index in [1.165, 1.54) is 0 Å². The van der Waals surface area contributed by atoms with Crippen LogP contribution in [0.15, 0.2) is 16.7 Å². The van der Waals surface area contributed by atoms with Gasteiger partial charge in [-0.15, -0.1) is 0 Å². The minimum absolute atomic E-state index is 0.0398. The van der Waals surface area contributed by atoms with Crippen molar-refractivity contribution in [2.45, 2.75) is 25.8 Å². The third kappa shape index (κ3) is 2.46. The summed E-state index contributed by atoms with van der Waals surface area (Å²) in [6.07, 6.45) is 0.554. The van der Waals surface area contributed by atoms with Crippen LogP contribution < -0.4 is 5.73 Å². The molecule has 1 aromatic carbocycles. The highest BCUT2D eigenvalue weighted by molar-refractivity contribution is 5.53. The predicted octanol–water partition coefficient (Wildman–Crippen LogP) is 2.74. The number of rotatable bonds is 3. The van der Waals surface area contributed by atoms with Gasteiger partial charge in [-0.2, -0.15) is 4.98 Å². The SMILES string of the molecule is CCC(C)(N)c1noc(-c2cc(F)c(F)c(F)c2)n1. The molecule has 1 unspecified atom stereocenters. The molecule has 1 aromatic heterocycles. The van der Waals surface area contributed by atoms with Gasteiger partial charge in [0.15, 0.2) is 23.3 Å². The third-order valence-corrected chi connectivity index (χ3v) is 2.90. The summed E-state index contributed by atoms with van der Waals surface area (Å²) in [4.78, 5) is 3.98. The van der Waals surface area contributed by atoms with Gasteiger partial charge < -0.3 is 10.3 Å². The maximum Gasteiger partial charge on any atom is 0.258 e. The molecule has 4 nitrogen and oxygen atoms in total. The van der Waals surface area contributed by atoms with Crippen LogP contribution in [0.25, 0.3) is 11.5 Å². The van der Waals surface area contributed by atoms with Gasteiger partial charge in [0.1, 0.15) is 0 Å². The van der Waals surface area contributed by atoms with Gasteiger partial charge in [-0.1, -0.05) is 12.1 Å². The summed E-state index contributed by atoms with van der Waals surface area (Å²) < 4.78 is 43.9. The van der Waals surface area contributed by atoms with Crippen LogP contribution in [0.3, 0.4) is 0 Å². The summed E-state index contributed by atoms with van der Waals surface area (Å²) in [5.41, 5.74) is 5.07. The fourth-order valence-corrected chi connectivity index (χ4v) is 1.41. The van der Waals surface area contributed by atoms with Crippen molar-refractivity contribution >= 4 is 0 Å². The lowest BCUT2D eigenvalue weighted by molar-refractivity contribution is 0.378. The van der Waals surface area contributed by atoms with E-state index in [0.29, 0.717) is 6.42 Å². The molecule has 0 saturated carbocycles.